The van der Waals surface area contributed by atoms with E-state index in [4.69, 9.17) is 4.74 Å². The van der Waals surface area contributed by atoms with E-state index in [1.54, 1.807) is 6.20 Å². The SMILES string of the molecule is FC(F)Cc1[nH]nc2nc(N3CCC4(CC3)CC(COc3cncc(C(F)(F)F)c3)C4)cnc12. The number of rotatable bonds is 6. The Morgan fingerprint density at radius 1 is 1.15 bits per heavy atom. The summed E-state index contributed by atoms with van der Waals surface area (Å²) in [6.45, 7) is 1.95. The molecule has 1 saturated heterocycles. The lowest BCUT2D eigenvalue weighted by Gasteiger charge is -2.52. The van der Waals surface area contributed by atoms with Gasteiger partial charge >= 0.3 is 6.18 Å². The van der Waals surface area contributed by atoms with Crippen LogP contribution in [0.5, 0.6) is 5.75 Å². The molecule has 3 aromatic rings. The zero-order chi connectivity index (χ0) is 23.9. The van der Waals surface area contributed by atoms with Gasteiger partial charge in [-0.05, 0) is 43.1 Å². The van der Waals surface area contributed by atoms with Gasteiger partial charge in [0.25, 0.3) is 0 Å². The molecule has 4 heterocycles. The van der Waals surface area contributed by atoms with Gasteiger partial charge in [0.2, 0.25) is 12.1 Å². The zero-order valence-electron chi connectivity index (χ0n) is 18.2. The third-order valence-corrected chi connectivity index (χ3v) is 6.80. The molecule has 12 heteroatoms. The molecule has 0 aromatic carbocycles. The van der Waals surface area contributed by atoms with Crippen molar-refractivity contribution in [3.05, 3.63) is 35.9 Å². The van der Waals surface area contributed by atoms with Crippen LogP contribution in [-0.4, -0.2) is 51.3 Å². The smallest absolute Gasteiger partial charge is 0.418 e. The molecule has 3 aromatic heterocycles. The highest BCUT2D eigenvalue weighted by atomic mass is 19.4. The maximum atomic E-state index is 12.8. The summed E-state index contributed by atoms with van der Waals surface area (Å²) in [5.74, 6) is 1.11. The van der Waals surface area contributed by atoms with Crippen molar-refractivity contribution in [3.8, 4) is 5.75 Å². The molecule has 1 aliphatic carbocycles. The number of H-pyrrole nitrogens is 1. The minimum Gasteiger partial charge on any atom is -0.492 e. The van der Waals surface area contributed by atoms with Crippen LogP contribution in [-0.2, 0) is 12.6 Å². The van der Waals surface area contributed by atoms with E-state index >= 15 is 0 Å². The number of anilines is 1. The lowest BCUT2D eigenvalue weighted by atomic mass is 9.58. The molecule has 0 amide bonds. The number of halogens is 5. The average molecular weight is 482 g/mol. The minimum absolute atomic E-state index is 0.134. The van der Waals surface area contributed by atoms with Crippen molar-refractivity contribution < 1.29 is 26.7 Å². The van der Waals surface area contributed by atoms with Crippen molar-refractivity contribution in [1.29, 1.82) is 0 Å². The van der Waals surface area contributed by atoms with Gasteiger partial charge in [-0.25, -0.2) is 18.7 Å². The van der Waals surface area contributed by atoms with Gasteiger partial charge in [-0.2, -0.15) is 18.3 Å². The number of alkyl halides is 5. The Labute approximate surface area is 191 Å². The maximum absolute atomic E-state index is 12.8. The van der Waals surface area contributed by atoms with E-state index in [1.807, 2.05) is 0 Å². The number of hydrogen-bond acceptors (Lipinski definition) is 6. The van der Waals surface area contributed by atoms with E-state index in [9.17, 15) is 22.0 Å². The Bertz CT molecular complexity index is 1150. The van der Waals surface area contributed by atoms with Crippen molar-refractivity contribution in [2.45, 2.75) is 44.7 Å². The fourth-order valence-corrected chi connectivity index (χ4v) is 5.05. The fourth-order valence-electron chi connectivity index (χ4n) is 5.05. The van der Waals surface area contributed by atoms with Crippen LogP contribution in [0.15, 0.2) is 24.7 Å². The van der Waals surface area contributed by atoms with Gasteiger partial charge < -0.3 is 9.64 Å². The van der Waals surface area contributed by atoms with Crippen LogP contribution in [0.1, 0.15) is 36.9 Å². The predicted molar refractivity (Wildman–Crippen MR) is 113 cm³/mol. The van der Waals surface area contributed by atoms with Crippen molar-refractivity contribution in [2.75, 3.05) is 24.6 Å². The van der Waals surface area contributed by atoms with Crippen LogP contribution in [0.25, 0.3) is 11.2 Å². The molecule has 1 spiro atoms. The van der Waals surface area contributed by atoms with Gasteiger partial charge in [0.05, 0.1) is 36.7 Å². The van der Waals surface area contributed by atoms with Gasteiger partial charge in [0.15, 0.2) is 0 Å². The lowest BCUT2D eigenvalue weighted by Crippen LogP contribution is -2.48. The maximum Gasteiger partial charge on any atom is 0.418 e. The van der Waals surface area contributed by atoms with E-state index in [0.29, 0.717) is 29.5 Å². The summed E-state index contributed by atoms with van der Waals surface area (Å²) in [5, 5.41) is 6.62. The molecule has 5 rings (SSSR count). The van der Waals surface area contributed by atoms with Gasteiger partial charge in [0, 0.05) is 19.3 Å². The lowest BCUT2D eigenvalue weighted by molar-refractivity contribution is -0.138. The number of aromatic nitrogens is 5. The summed E-state index contributed by atoms with van der Waals surface area (Å²) in [7, 11) is 0. The number of fused-ring (bicyclic) bond motifs is 1. The zero-order valence-corrected chi connectivity index (χ0v) is 18.2. The fraction of sp³-hybridized carbons (Fsp3) is 0.545. The van der Waals surface area contributed by atoms with Crippen molar-refractivity contribution in [2.24, 2.45) is 11.3 Å². The molecular formula is C22H23F5N6O. The summed E-state index contributed by atoms with van der Waals surface area (Å²) < 4.78 is 69.4. The second kappa shape index (κ2) is 8.62. The largest absolute Gasteiger partial charge is 0.492 e. The first-order valence-electron chi connectivity index (χ1n) is 11.1. The molecule has 2 fully saturated rings. The quantitative estimate of drug-likeness (QED) is 0.516. The first kappa shape index (κ1) is 22.7. The monoisotopic (exact) mass is 482 g/mol. The summed E-state index contributed by atoms with van der Waals surface area (Å²) in [6.07, 6.45) is 0.186. The van der Waals surface area contributed by atoms with Crippen molar-refractivity contribution in [1.82, 2.24) is 25.1 Å². The molecule has 1 N–H and O–H groups in total. The molecule has 0 atom stereocenters. The second-order valence-corrected chi connectivity index (χ2v) is 9.18. The van der Waals surface area contributed by atoms with E-state index < -0.39 is 24.6 Å². The Morgan fingerprint density at radius 3 is 2.62 bits per heavy atom. The Morgan fingerprint density at radius 2 is 1.91 bits per heavy atom. The topological polar surface area (TPSA) is 79.8 Å². The first-order chi connectivity index (χ1) is 16.2. The second-order valence-electron chi connectivity index (χ2n) is 9.18. The number of nitrogens with zero attached hydrogens (tertiary/aromatic N) is 5. The highest BCUT2D eigenvalue weighted by molar-refractivity contribution is 5.74. The highest BCUT2D eigenvalue weighted by Gasteiger charge is 2.46. The van der Waals surface area contributed by atoms with Crippen LogP contribution >= 0.6 is 0 Å². The number of ether oxygens (including phenoxy) is 1. The van der Waals surface area contributed by atoms with Crippen LogP contribution in [0.3, 0.4) is 0 Å². The average Bonchev–Trinajstić information content (AvgIpc) is 3.17. The Kier molecular flexibility index (Phi) is 5.76. The van der Waals surface area contributed by atoms with Gasteiger partial charge in [-0.3, -0.25) is 10.1 Å². The van der Waals surface area contributed by atoms with E-state index in [2.05, 4.69) is 30.0 Å². The molecule has 1 saturated carbocycles. The third-order valence-electron chi connectivity index (χ3n) is 6.80. The molecule has 7 nitrogen and oxygen atoms in total. The number of piperidine rings is 1. The molecule has 182 valence electrons. The molecule has 0 radical (unpaired) electrons. The Balaban J connectivity index is 1.12. The van der Waals surface area contributed by atoms with E-state index in [-0.39, 0.29) is 16.9 Å². The highest BCUT2D eigenvalue weighted by Crippen LogP contribution is 2.52. The Hall–Kier alpha value is -3.05. The van der Waals surface area contributed by atoms with E-state index in [1.165, 1.54) is 6.20 Å². The summed E-state index contributed by atoms with van der Waals surface area (Å²) in [4.78, 5) is 14.5. The third kappa shape index (κ3) is 4.62. The molecular weight excluding hydrogens is 459 g/mol. The number of pyridine rings is 1. The summed E-state index contributed by atoms with van der Waals surface area (Å²) in [5.41, 5.74) is 0.382. The molecule has 1 aliphatic heterocycles. The van der Waals surface area contributed by atoms with Gasteiger partial charge in [-0.1, -0.05) is 0 Å². The number of hydrogen-bond donors (Lipinski definition) is 1. The van der Waals surface area contributed by atoms with Crippen LogP contribution < -0.4 is 9.64 Å². The first-order valence-corrected chi connectivity index (χ1v) is 11.1. The van der Waals surface area contributed by atoms with Crippen molar-refractivity contribution in [3.63, 3.8) is 0 Å². The number of aromatic amines is 1. The van der Waals surface area contributed by atoms with Crippen LogP contribution in [0.4, 0.5) is 27.8 Å². The van der Waals surface area contributed by atoms with Crippen molar-refractivity contribution >= 4 is 17.0 Å². The summed E-state index contributed by atoms with van der Waals surface area (Å²) >= 11 is 0. The van der Waals surface area contributed by atoms with Gasteiger partial charge in [0.1, 0.15) is 17.1 Å². The predicted octanol–water partition coefficient (Wildman–Crippen LogP) is 4.65. The minimum atomic E-state index is -4.44. The standard InChI is InChI=1S/C22H23F5N6O/c23-17(24)6-16-19-20(32-31-16)30-18(11-29-19)33-3-1-21(2-4-33)7-13(8-21)12-34-15-5-14(9-28-10-15)22(25,26)27/h5,9-11,13,17H,1-4,6-8,12H2,(H,30,31,32). The van der Waals surface area contributed by atoms with Crippen LogP contribution in [0, 0.1) is 11.3 Å². The van der Waals surface area contributed by atoms with Crippen LogP contribution in [0.2, 0.25) is 0 Å². The molecule has 34 heavy (non-hydrogen) atoms. The number of nitrogens with one attached hydrogen (secondary N) is 1. The molecule has 0 bridgehead atoms. The molecule has 0 unspecified atom stereocenters. The molecule has 2 aliphatic rings. The summed E-state index contributed by atoms with van der Waals surface area (Å²) in [6, 6.07) is 0.980. The van der Waals surface area contributed by atoms with Gasteiger partial charge in [-0.15, -0.1) is 0 Å². The normalized spacial score (nSPS) is 18.6. The van der Waals surface area contributed by atoms with E-state index in [0.717, 1.165) is 51.0 Å².